The number of allylic oxidation sites excluding steroid dienone is 1. The second-order valence-corrected chi connectivity index (χ2v) is 6.77. The zero-order chi connectivity index (χ0) is 16.4. The Kier molecular flexibility index (Phi) is 2.81. The lowest BCUT2D eigenvalue weighted by Gasteiger charge is -2.37. The number of hydrogen-bond acceptors (Lipinski definition) is 5. The van der Waals surface area contributed by atoms with Crippen LogP contribution in [0.1, 0.15) is 27.6 Å². The predicted octanol–water partition coefficient (Wildman–Crippen LogP) is 0.440. The summed E-state index contributed by atoms with van der Waals surface area (Å²) in [5, 5.41) is 5.26. The smallest absolute Gasteiger partial charge is 0.252 e. The lowest BCUT2D eigenvalue weighted by Crippen LogP contribution is -2.70. The zero-order valence-corrected chi connectivity index (χ0v) is 13.0. The molecule has 2 N–H and O–H groups in total. The average Bonchev–Trinajstić information content (AvgIpc) is 2.92. The van der Waals surface area contributed by atoms with Gasteiger partial charge in [-0.15, -0.1) is 11.8 Å². The number of carbonyl (C=O) groups is 4. The molecule has 7 heteroatoms. The molecule has 2 heterocycles. The number of Topliss-reactive ketones (excluding diaryl/α,β-unsaturated/α-hetero) is 2. The van der Waals surface area contributed by atoms with Crippen LogP contribution in [0.3, 0.4) is 0 Å². The van der Waals surface area contributed by atoms with Crippen LogP contribution in [-0.4, -0.2) is 40.7 Å². The van der Waals surface area contributed by atoms with Crippen molar-refractivity contribution in [3.05, 3.63) is 45.9 Å². The van der Waals surface area contributed by atoms with Gasteiger partial charge >= 0.3 is 0 Å². The molecule has 1 saturated heterocycles. The lowest BCUT2D eigenvalue weighted by atomic mass is 9.78. The average molecular weight is 328 g/mol. The number of fused-ring (bicyclic) bond motifs is 2. The van der Waals surface area contributed by atoms with Crippen molar-refractivity contribution in [2.24, 2.45) is 0 Å². The summed E-state index contributed by atoms with van der Waals surface area (Å²) < 4.78 is 0. The molecule has 0 radical (unpaired) electrons. The maximum Gasteiger partial charge on any atom is 0.252 e. The first-order valence-electron chi connectivity index (χ1n) is 7.14. The molecule has 6 nitrogen and oxygen atoms in total. The molecule has 23 heavy (non-hydrogen) atoms. The Balaban J connectivity index is 1.90. The van der Waals surface area contributed by atoms with E-state index in [9.17, 15) is 19.2 Å². The van der Waals surface area contributed by atoms with Crippen molar-refractivity contribution in [3.8, 4) is 0 Å². The summed E-state index contributed by atoms with van der Waals surface area (Å²) in [4.78, 5) is 50.4. The normalized spacial score (nSPS) is 29.3. The van der Waals surface area contributed by atoms with Gasteiger partial charge in [0.25, 0.3) is 5.91 Å². The van der Waals surface area contributed by atoms with Crippen molar-refractivity contribution in [3.63, 3.8) is 0 Å². The molecule has 0 aromatic heterocycles. The van der Waals surface area contributed by atoms with Crippen molar-refractivity contribution in [1.29, 1.82) is 0 Å². The molecular formula is C16H12N2O4S. The molecule has 1 spiro atoms. The van der Waals surface area contributed by atoms with E-state index in [2.05, 4.69) is 10.6 Å². The molecule has 3 aliphatic rings. The van der Waals surface area contributed by atoms with Crippen molar-refractivity contribution >= 4 is 35.1 Å². The standard InChI is InChI=1S/C16H12N2O4S/c1-7-14(21)18-16(15(22)17-7)6-23-13-10(16)11(19)8-4-2-3-5-9(8)12(13)20/h2-5,7H,6H2,1H3,(H,17,22)(H,18,21)/t7-,16+/m0/s1. The molecular weight excluding hydrogens is 316 g/mol. The Morgan fingerprint density at radius 2 is 1.74 bits per heavy atom. The summed E-state index contributed by atoms with van der Waals surface area (Å²) in [7, 11) is 0. The summed E-state index contributed by atoms with van der Waals surface area (Å²) in [5.41, 5.74) is -0.733. The van der Waals surface area contributed by atoms with E-state index in [4.69, 9.17) is 0 Å². The summed E-state index contributed by atoms with van der Waals surface area (Å²) >= 11 is 1.15. The van der Waals surface area contributed by atoms with Crippen molar-refractivity contribution < 1.29 is 19.2 Å². The highest BCUT2D eigenvalue weighted by Crippen LogP contribution is 2.46. The van der Waals surface area contributed by atoms with E-state index >= 15 is 0 Å². The van der Waals surface area contributed by atoms with E-state index in [1.807, 2.05) is 0 Å². The van der Waals surface area contributed by atoms with Gasteiger partial charge in [0.15, 0.2) is 11.3 Å². The fraction of sp³-hybridized carbons (Fsp3) is 0.250. The van der Waals surface area contributed by atoms with E-state index in [0.717, 1.165) is 11.8 Å². The third-order valence-corrected chi connectivity index (χ3v) is 5.66. The molecule has 2 amide bonds. The van der Waals surface area contributed by atoms with E-state index in [1.165, 1.54) is 0 Å². The number of hydrogen-bond donors (Lipinski definition) is 2. The van der Waals surface area contributed by atoms with Gasteiger partial charge in [0.2, 0.25) is 11.7 Å². The van der Waals surface area contributed by atoms with Crippen LogP contribution in [0.2, 0.25) is 0 Å². The van der Waals surface area contributed by atoms with Gasteiger partial charge in [0.05, 0.1) is 10.5 Å². The third-order valence-electron chi connectivity index (χ3n) is 4.40. The Hall–Kier alpha value is -2.41. The predicted molar refractivity (Wildman–Crippen MR) is 83.1 cm³/mol. The number of thioether (sulfide) groups is 1. The van der Waals surface area contributed by atoms with Gasteiger partial charge in [-0.25, -0.2) is 0 Å². The summed E-state index contributed by atoms with van der Waals surface area (Å²) in [6.45, 7) is 1.57. The molecule has 0 unspecified atom stereocenters. The number of ketones is 2. The van der Waals surface area contributed by atoms with Crippen LogP contribution in [0.5, 0.6) is 0 Å². The fourth-order valence-electron chi connectivity index (χ4n) is 3.17. The quantitative estimate of drug-likeness (QED) is 0.721. The Morgan fingerprint density at radius 1 is 1.09 bits per heavy atom. The first-order chi connectivity index (χ1) is 11.0. The minimum absolute atomic E-state index is 0.101. The Bertz CT molecular complexity index is 844. The van der Waals surface area contributed by atoms with E-state index in [0.29, 0.717) is 5.56 Å². The highest BCUT2D eigenvalue weighted by Gasteiger charge is 2.57. The zero-order valence-electron chi connectivity index (χ0n) is 12.1. The van der Waals surface area contributed by atoms with Crippen LogP contribution in [0.15, 0.2) is 34.7 Å². The van der Waals surface area contributed by atoms with Crippen LogP contribution >= 0.6 is 11.8 Å². The monoisotopic (exact) mass is 328 g/mol. The molecule has 2 aliphatic heterocycles. The molecule has 116 valence electrons. The first kappa shape index (κ1) is 14.2. The van der Waals surface area contributed by atoms with Gasteiger partial charge in [-0.1, -0.05) is 24.3 Å². The summed E-state index contributed by atoms with van der Waals surface area (Å²) in [5.74, 6) is -1.29. The minimum atomic E-state index is -1.45. The third kappa shape index (κ3) is 1.71. The van der Waals surface area contributed by atoms with Crippen molar-refractivity contribution in [1.82, 2.24) is 10.6 Å². The first-order valence-corrected chi connectivity index (χ1v) is 8.13. The number of rotatable bonds is 0. The van der Waals surface area contributed by atoms with Gasteiger partial charge in [0.1, 0.15) is 6.04 Å². The highest BCUT2D eigenvalue weighted by atomic mass is 32.2. The van der Waals surface area contributed by atoms with Crippen LogP contribution in [0.25, 0.3) is 0 Å². The van der Waals surface area contributed by atoms with Crippen LogP contribution in [-0.2, 0) is 9.59 Å². The lowest BCUT2D eigenvalue weighted by molar-refractivity contribution is -0.138. The van der Waals surface area contributed by atoms with Crippen molar-refractivity contribution in [2.45, 2.75) is 18.5 Å². The molecule has 1 aromatic rings. The molecule has 1 aromatic carbocycles. The number of amides is 2. The van der Waals surface area contributed by atoms with Gasteiger partial charge in [0, 0.05) is 16.9 Å². The van der Waals surface area contributed by atoms with Crippen molar-refractivity contribution in [2.75, 3.05) is 5.75 Å². The maximum absolute atomic E-state index is 12.9. The van der Waals surface area contributed by atoms with Gasteiger partial charge in [-0.3, -0.25) is 19.2 Å². The van der Waals surface area contributed by atoms with Crippen LogP contribution in [0.4, 0.5) is 0 Å². The van der Waals surface area contributed by atoms with E-state index in [-0.39, 0.29) is 39.3 Å². The molecule has 0 saturated carbocycles. The summed E-state index contributed by atoms with van der Waals surface area (Å²) in [6, 6.07) is 5.88. The second kappa shape index (κ2) is 4.55. The largest absolute Gasteiger partial charge is 0.342 e. The highest BCUT2D eigenvalue weighted by molar-refractivity contribution is 8.04. The SMILES string of the molecule is C[C@@H]1NC(=O)[C@]2(CSC3=C2C(=O)c2ccccc2C3=O)NC1=O. The molecule has 1 aliphatic carbocycles. The van der Waals surface area contributed by atoms with Crippen LogP contribution < -0.4 is 10.6 Å². The number of nitrogens with one attached hydrogen (secondary N) is 2. The minimum Gasteiger partial charge on any atom is -0.342 e. The second-order valence-electron chi connectivity index (χ2n) is 5.79. The molecule has 1 fully saturated rings. The topological polar surface area (TPSA) is 92.3 Å². The van der Waals surface area contributed by atoms with Gasteiger partial charge < -0.3 is 10.6 Å². The summed E-state index contributed by atoms with van der Waals surface area (Å²) in [6.07, 6.45) is 0. The number of benzene rings is 1. The van der Waals surface area contributed by atoms with E-state index < -0.39 is 17.5 Å². The Morgan fingerprint density at radius 3 is 2.43 bits per heavy atom. The molecule has 4 rings (SSSR count). The van der Waals surface area contributed by atoms with Gasteiger partial charge in [-0.2, -0.15) is 0 Å². The van der Waals surface area contributed by atoms with Gasteiger partial charge in [-0.05, 0) is 6.92 Å². The Labute approximate surface area is 135 Å². The molecule has 2 atom stereocenters. The number of carbonyl (C=O) groups excluding carboxylic acids is 4. The van der Waals surface area contributed by atoms with Crippen LogP contribution in [0, 0.1) is 0 Å². The number of piperazine rings is 1. The molecule has 0 bridgehead atoms. The fourth-order valence-corrected chi connectivity index (χ4v) is 4.53. The van der Waals surface area contributed by atoms with E-state index in [1.54, 1.807) is 31.2 Å². The maximum atomic E-state index is 12.9.